The molecule has 3 rings (SSSR count). The highest BCUT2D eigenvalue weighted by Crippen LogP contribution is 2.17. The van der Waals surface area contributed by atoms with Crippen molar-refractivity contribution in [3.8, 4) is 0 Å². The molecule has 2 aromatic rings. The van der Waals surface area contributed by atoms with Gasteiger partial charge in [-0.3, -0.25) is 9.59 Å². The third-order valence-electron chi connectivity index (χ3n) is 4.78. The molecule has 28 heavy (non-hydrogen) atoms. The van der Waals surface area contributed by atoms with Crippen LogP contribution in [0.4, 0.5) is 10.1 Å². The molecule has 1 N–H and O–H groups in total. The molecule has 0 spiro atoms. The maximum atomic E-state index is 13.0. The Kier molecular flexibility index (Phi) is 6.87. The average Bonchev–Trinajstić information content (AvgIpc) is 2.72. The van der Waals surface area contributed by atoms with Crippen molar-refractivity contribution in [2.24, 2.45) is 0 Å². The summed E-state index contributed by atoms with van der Waals surface area (Å²) in [5.74, 6) is -0.322. The molecule has 7 heteroatoms. The molecule has 0 aromatic heterocycles. The number of amides is 2. The maximum Gasteiger partial charge on any atom is 0.251 e. The van der Waals surface area contributed by atoms with E-state index in [4.69, 9.17) is 11.6 Å². The van der Waals surface area contributed by atoms with E-state index in [9.17, 15) is 14.0 Å². The second-order valence-electron chi connectivity index (χ2n) is 6.71. The number of hydrogen-bond acceptors (Lipinski definition) is 3. The van der Waals surface area contributed by atoms with Crippen molar-refractivity contribution in [1.29, 1.82) is 0 Å². The van der Waals surface area contributed by atoms with Gasteiger partial charge in [-0.05, 0) is 55.0 Å². The van der Waals surface area contributed by atoms with Crippen LogP contribution in [-0.2, 0) is 4.79 Å². The summed E-state index contributed by atoms with van der Waals surface area (Å²) in [6.45, 7) is 3.19. The maximum absolute atomic E-state index is 13.0. The van der Waals surface area contributed by atoms with Crippen LogP contribution in [0.15, 0.2) is 48.5 Å². The predicted octanol–water partition coefficient (Wildman–Crippen LogP) is 3.34. The second-order valence-corrected chi connectivity index (χ2v) is 7.15. The van der Waals surface area contributed by atoms with Crippen LogP contribution in [0.25, 0.3) is 0 Å². The molecular formula is C21H23ClFN3O2. The Balaban J connectivity index is 1.36. The Bertz CT molecular complexity index is 803. The van der Waals surface area contributed by atoms with E-state index < -0.39 is 0 Å². The summed E-state index contributed by atoms with van der Waals surface area (Å²) in [6, 6.07) is 13.1. The van der Waals surface area contributed by atoms with Crippen molar-refractivity contribution < 1.29 is 14.0 Å². The Morgan fingerprint density at radius 2 is 1.61 bits per heavy atom. The second kappa shape index (κ2) is 9.55. The Labute approximate surface area is 169 Å². The number of nitrogens with zero attached hydrogens (tertiary/aromatic N) is 2. The summed E-state index contributed by atoms with van der Waals surface area (Å²) in [7, 11) is 0. The SMILES string of the molecule is O=C(NCCCC(=O)N1CCN(c2ccc(F)cc2)CC1)c1ccc(Cl)cc1. The number of hydrogen-bond donors (Lipinski definition) is 1. The number of carbonyl (C=O) groups is 2. The molecule has 0 aliphatic carbocycles. The molecule has 0 radical (unpaired) electrons. The monoisotopic (exact) mass is 403 g/mol. The van der Waals surface area contributed by atoms with Gasteiger partial charge in [0, 0.05) is 55.4 Å². The topological polar surface area (TPSA) is 52.7 Å². The quantitative estimate of drug-likeness (QED) is 0.753. The smallest absolute Gasteiger partial charge is 0.251 e. The number of nitrogens with one attached hydrogen (secondary N) is 1. The third-order valence-corrected chi connectivity index (χ3v) is 5.04. The highest BCUT2D eigenvalue weighted by molar-refractivity contribution is 6.30. The molecule has 148 valence electrons. The molecule has 2 aromatic carbocycles. The van der Waals surface area contributed by atoms with Gasteiger partial charge >= 0.3 is 0 Å². The first-order valence-corrected chi connectivity index (χ1v) is 9.73. The zero-order chi connectivity index (χ0) is 19.9. The van der Waals surface area contributed by atoms with Crippen molar-refractivity contribution in [3.05, 3.63) is 64.9 Å². The first-order valence-electron chi connectivity index (χ1n) is 9.35. The van der Waals surface area contributed by atoms with Gasteiger partial charge in [0.15, 0.2) is 0 Å². The first kappa shape index (κ1) is 20.1. The Morgan fingerprint density at radius 1 is 0.964 bits per heavy atom. The standard InChI is InChI=1S/C21H23ClFN3O2/c22-17-5-3-16(4-6-17)21(28)24-11-1-2-20(27)26-14-12-25(13-15-26)19-9-7-18(23)8-10-19/h3-10H,1-2,11-15H2,(H,24,28). The van der Waals surface area contributed by atoms with Gasteiger partial charge in [-0.25, -0.2) is 4.39 Å². The number of rotatable bonds is 6. The van der Waals surface area contributed by atoms with Crippen molar-refractivity contribution in [2.75, 3.05) is 37.6 Å². The first-order chi connectivity index (χ1) is 13.5. The van der Waals surface area contributed by atoms with Gasteiger partial charge in [-0.1, -0.05) is 11.6 Å². The van der Waals surface area contributed by atoms with Crippen molar-refractivity contribution in [3.63, 3.8) is 0 Å². The highest BCUT2D eigenvalue weighted by Gasteiger charge is 2.21. The number of halogens is 2. The fourth-order valence-electron chi connectivity index (χ4n) is 3.17. The van der Waals surface area contributed by atoms with E-state index in [0.29, 0.717) is 43.1 Å². The molecule has 5 nitrogen and oxygen atoms in total. The fraction of sp³-hybridized carbons (Fsp3) is 0.333. The molecule has 0 atom stereocenters. The Hall–Kier alpha value is -2.60. The fourth-order valence-corrected chi connectivity index (χ4v) is 3.29. The van der Waals surface area contributed by atoms with E-state index in [2.05, 4.69) is 10.2 Å². The Morgan fingerprint density at radius 3 is 2.25 bits per heavy atom. The van der Waals surface area contributed by atoms with Crippen LogP contribution in [-0.4, -0.2) is 49.4 Å². The van der Waals surface area contributed by atoms with Crippen LogP contribution in [0, 0.1) is 5.82 Å². The molecular weight excluding hydrogens is 381 g/mol. The molecule has 1 heterocycles. The van der Waals surface area contributed by atoms with Gasteiger partial charge in [0.25, 0.3) is 5.91 Å². The van der Waals surface area contributed by atoms with E-state index in [-0.39, 0.29) is 17.6 Å². The summed E-state index contributed by atoms with van der Waals surface area (Å²) in [5, 5.41) is 3.40. The summed E-state index contributed by atoms with van der Waals surface area (Å²) in [4.78, 5) is 28.4. The minimum Gasteiger partial charge on any atom is -0.368 e. The summed E-state index contributed by atoms with van der Waals surface area (Å²) in [6.07, 6.45) is 0.994. The lowest BCUT2D eigenvalue weighted by molar-refractivity contribution is -0.131. The average molecular weight is 404 g/mol. The van der Waals surface area contributed by atoms with Crippen molar-refractivity contribution in [1.82, 2.24) is 10.2 Å². The van der Waals surface area contributed by atoms with Crippen LogP contribution in [0.2, 0.25) is 5.02 Å². The van der Waals surface area contributed by atoms with Crippen LogP contribution < -0.4 is 10.2 Å². The molecule has 1 fully saturated rings. The van der Waals surface area contributed by atoms with Gasteiger partial charge in [-0.15, -0.1) is 0 Å². The van der Waals surface area contributed by atoms with Crippen LogP contribution >= 0.6 is 11.6 Å². The summed E-state index contributed by atoms with van der Waals surface area (Å²) in [5.41, 5.74) is 1.52. The lowest BCUT2D eigenvalue weighted by Gasteiger charge is -2.36. The van der Waals surface area contributed by atoms with Gasteiger partial charge < -0.3 is 15.1 Å². The predicted molar refractivity (Wildman–Crippen MR) is 108 cm³/mol. The molecule has 1 aliphatic heterocycles. The molecule has 0 saturated carbocycles. The summed E-state index contributed by atoms with van der Waals surface area (Å²) >= 11 is 5.81. The molecule has 0 unspecified atom stereocenters. The molecule has 1 aliphatic rings. The van der Waals surface area contributed by atoms with Gasteiger partial charge in [0.2, 0.25) is 5.91 Å². The molecule has 1 saturated heterocycles. The summed E-state index contributed by atoms with van der Waals surface area (Å²) < 4.78 is 13.0. The van der Waals surface area contributed by atoms with E-state index >= 15 is 0 Å². The van der Waals surface area contributed by atoms with Crippen LogP contribution in [0.3, 0.4) is 0 Å². The minimum absolute atomic E-state index is 0.0968. The molecule has 2 amide bonds. The van der Waals surface area contributed by atoms with Gasteiger partial charge in [-0.2, -0.15) is 0 Å². The highest BCUT2D eigenvalue weighted by atomic mass is 35.5. The van der Waals surface area contributed by atoms with Crippen LogP contribution in [0.1, 0.15) is 23.2 Å². The number of piperazine rings is 1. The van der Waals surface area contributed by atoms with E-state index in [1.165, 1.54) is 12.1 Å². The zero-order valence-corrected chi connectivity index (χ0v) is 16.3. The lowest BCUT2D eigenvalue weighted by Crippen LogP contribution is -2.48. The van der Waals surface area contributed by atoms with Gasteiger partial charge in [0.1, 0.15) is 5.82 Å². The van der Waals surface area contributed by atoms with Crippen molar-refractivity contribution >= 4 is 29.1 Å². The lowest BCUT2D eigenvalue weighted by atomic mass is 10.2. The zero-order valence-electron chi connectivity index (χ0n) is 15.5. The third kappa shape index (κ3) is 5.45. The number of carbonyl (C=O) groups excluding carboxylic acids is 2. The minimum atomic E-state index is -0.249. The molecule has 0 bridgehead atoms. The van der Waals surface area contributed by atoms with Gasteiger partial charge in [0.05, 0.1) is 0 Å². The number of benzene rings is 2. The van der Waals surface area contributed by atoms with Crippen molar-refractivity contribution in [2.45, 2.75) is 12.8 Å². The van der Waals surface area contributed by atoms with E-state index in [1.54, 1.807) is 36.4 Å². The van der Waals surface area contributed by atoms with E-state index in [0.717, 1.165) is 18.8 Å². The normalized spacial score (nSPS) is 14.1. The van der Waals surface area contributed by atoms with E-state index in [1.807, 2.05) is 4.90 Å². The van der Waals surface area contributed by atoms with Crippen LogP contribution in [0.5, 0.6) is 0 Å². The largest absolute Gasteiger partial charge is 0.368 e. The number of anilines is 1.